The fraction of sp³-hybridized carbons (Fsp3) is 0.875. The number of nitrogens with zero attached hydrogens (tertiary/aromatic N) is 4. The number of hydrogen-bond acceptors (Lipinski definition) is 4. The third-order valence-corrected chi connectivity index (χ3v) is 3.49. The molecule has 2 saturated heterocycles. The molecular formula is C8H12N4O. The van der Waals surface area contributed by atoms with E-state index in [2.05, 4.69) is 17.3 Å². The van der Waals surface area contributed by atoms with Crippen molar-refractivity contribution in [1.29, 1.82) is 0 Å². The van der Waals surface area contributed by atoms with Gasteiger partial charge in [0.2, 0.25) is 5.91 Å². The number of amides is 1. The lowest BCUT2D eigenvalue weighted by Gasteiger charge is -2.57. The van der Waals surface area contributed by atoms with Crippen LogP contribution in [0.4, 0.5) is 0 Å². The molecular weight excluding hydrogens is 168 g/mol. The van der Waals surface area contributed by atoms with E-state index in [9.17, 15) is 4.79 Å². The van der Waals surface area contributed by atoms with E-state index in [1.807, 2.05) is 9.91 Å². The van der Waals surface area contributed by atoms with Crippen LogP contribution in [0.1, 0.15) is 13.3 Å². The molecule has 1 amide bonds. The molecule has 0 aromatic rings. The van der Waals surface area contributed by atoms with Crippen molar-refractivity contribution in [2.45, 2.75) is 24.9 Å². The molecule has 3 heterocycles. The lowest BCUT2D eigenvalue weighted by Crippen LogP contribution is -2.74. The molecule has 0 N–H and O–H groups in total. The van der Waals surface area contributed by atoms with Crippen molar-refractivity contribution in [1.82, 2.24) is 9.91 Å². The lowest BCUT2D eigenvalue weighted by atomic mass is 9.77. The van der Waals surface area contributed by atoms with E-state index in [0.717, 1.165) is 19.6 Å². The van der Waals surface area contributed by atoms with Gasteiger partial charge in [-0.3, -0.25) is 9.80 Å². The Balaban J connectivity index is 1.92. The first kappa shape index (κ1) is 7.29. The van der Waals surface area contributed by atoms with Crippen molar-refractivity contribution >= 4 is 5.91 Å². The highest BCUT2D eigenvalue weighted by Gasteiger charge is 2.57. The van der Waals surface area contributed by atoms with Crippen LogP contribution in [0, 0.1) is 0 Å². The van der Waals surface area contributed by atoms with Crippen LogP contribution in [0.15, 0.2) is 10.3 Å². The number of carbonyl (C=O) groups excluding carboxylic acids is 1. The second kappa shape index (κ2) is 2.02. The zero-order chi connectivity index (χ0) is 9.05. The minimum atomic E-state index is 0.0127. The summed E-state index contributed by atoms with van der Waals surface area (Å²) in [5, 5.41) is 10.1. The summed E-state index contributed by atoms with van der Waals surface area (Å²) in [4.78, 5) is 13.3. The molecule has 13 heavy (non-hydrogen) atoms. The van der Waals surface area contributed by atoms with Gasteiger partial charge >= 0.3 is 0 Å². The largest absolute Gasteiger partial charge is 0.333 e. The summed E-state index contributed by atoms with van der Waals surface area (Å²) >= 11 is 0. The predicted molar refractivity (Wildman–Crippen MR) is 45.0 cm³/mol. The molecule has 3 aliphatic heterocycles. The standard InChI is InChI=1S/C8H12N4O/c1-8-4-7(13)11(8)2-3-12-6(8)5-9-10-12/h6H,2-5H2,1H3/t6-,8-/m0/s1. The van der Waals surface area contributed by atoms with Gasteiger partial charge in [0.15, 0.2) is 0 Å². The summed E-state index contributed by atoms with van der Waals surface area (Å²) in [5.74, 6) is 0.286. The predicted octanol–water partition coefficient (Wildman–Crippen LogP) is 0.0424. The van der Waals surface area contributed by atoms with Crippen LogP contribution in [0.3, 0.4) is 0 Å². The lowest BCUT2D eigenvalue weighted by molar-refractivity contribution is -0.169. The zero-order valence-electron chi connectivity index (χ0n) is 7.60. The van der Waals surface area contributed by atoms with Gasteiger partial charge in [-0.25, -0.2) is 0 Å². The molecule has 5 heteroatoms. The SMILES string of the molecule is C[C@@]12CC(=O)N1CCN1N=NC[C@H]12. The monoisotopic (exact) mass is 180 g/mol. The van der Waals surface area contributed by atoms with Crippen molar-refractivity contribution in [2.24, 2.45) is 10.3 Å². The Hall–Kier alpha value is -1.13. The molecule has 70 valence electrons. The summed E-state index contributed by atoms with van der Waals surface area (Å²) in [6.07, 6.45) is 0.666. The summed E-state index contributed by atoms with van der Waals surface area (Å²) < 4.78 is 0. The molecule has 0 aromatic heterocycles. The molecule has 2 atom stereocenters. The number of fused-ring (bicyclic) bond motifs is 3. The second-order valence-electron chi connectivity index (χ2n) is 4.17. The Labute approximate surface area is 76.4 Å². The number of hydrogen-bond donors (Lipinski definition) is 0. The third-order valence-electron chi connectivity index (χ3n) is 3.49. The highest BCUT2D eigenvalue weighted by molar-refractivity contribution is 5.85. The van der Waals surface area contributed by atoms with E-state index < -0.39 is 0 Å². The van der Waals surface area contributed by atoms with Gasteiger partial charge < -0.3 is 4.90 Å². The van der Waals surface area contributed by atoms with Gasteiger partial charge in [0.25, 0.3) is 0 Å². The maximum absolute atomic E-state index is 11.3. The fourth-order valence-electron chi connectivity index (χ4n) is 2.64. The second-order valence-corrected chi connectivity index (χ2v) is 4.17. The van der Waals surface area contributed by atoms with Crippen molar-refractivity contribution in [3.8, 4) is 0 Å². The molecule has 5 nitrogen and oxygen atoms in total. The van der Waals surface area contributed by atoms with Gasteiger partial charge in [-0.15, -0.1) is 0 Å². The van der Waals surface area contributed by atoms with Gasteiger partial charge in [-0.2, -0.15) is 5.11 Å². The van der Waals surface area contributed by atoms with Gasteiger partial charge in [0.1, 0.15) is 0 Å². The number of β-lactam (4-membered cyclic amide) rings is 1. The van der Waals surface area contributed by atoms with Gasteiger partial charge in [-0.1, -0.05) is 5.22 Å². The quantitative estimate of drug-likeness (QED) is 0.494. The van der Waals surface area contributed by atoms with E-state index in [1.165, 1.54) is 0 Å². The van der Waals surface area contributed by atoms with Crippen LogP contribution in [0.25, 0.3) is 0 Å². The minimum absolute atomic E-state index is 0.0127. The van der Waals surface area contributed by atoms with Crippen LogP contribution in [-0.4, -0.2) is 47.0 Å². The number of carbonyl (C=O) groups is 1. The van der Waals surface area contributed by atoms with Crippen LogP contribution >= 0.6 is 0 Å². The van der Waals surface area contributed by atoms with E-state index in [4.69, 9.17) is 0 Å². The Kier molecular flexibility index (Phi) is 1.14. The molecule has 2 fully saturated rings. The average Bonchev–Trinajstić information content (AvgIpc) is 2.51. The number of piperazine rings is 1. The molecule has 3 rings (SSSR count). The maximum atomic E-state index is 11.3. The summed E-state index contributed by atoms with van der Waals surface area (Å²) in [7, 11) is 0. The van der Waals surface area contributed by atoms with Crippen LogP contribution in [0.5, 0.6) is 0 Å². The molecule has 0 unspecified atom stereocenters. The molecule has 0 spiro atoms. The molecule has 0 aliphatic carbocycles. The Morgan fingerprint density at radius 3 is 3.15 bits per heavy atom. The van der Waals surface area contributed by atoms with E-state index in [1.54, 1.807) is 0 Å². The molecule has 3 aliphatic rings. The van der Waals surface area contributed by atoms with Gasteiger partial charge in [-0.05, 0) is 6.92 Å². The van der Waals surface area contributed by atoms with Crippen molar-refractivity contribution < 1.29 is 4.79 Å². The Morgan fingerprint density at radius 1 is 1.54 bits per heavy atom. The Bertz CT molecular complexity index is 303. The minimum Gasteiger partial charge on any atom is -0.333 e. The summed E-state index contributed by atoms with van der Waals surface area (Å²) in [6, 6.07) is 0.332. The highest BCUT2D eigenvalue weighted by atomic mass is 16.2. The fourth-order valence-corrected chi connectivity index (χ4v) is 2.64. The van der Waals surface area contributed by atoms with Gasteiger partial charge in [0, 0.05) is 6.54 Å². The van der Waals surface area contributed by atoms with E-state index in [0.29, 0.717) is 12.5 Å². The summed E-state index contributed by atoms with van der Waals surface area (Å²) in [5.41, 5.74) is 0.0127. The first-order chi connectivity index (χ1) is 6.22. The molecule has 0 radical (unpaired) electrons. The van der Waals surface area contributed by atoms with Gasteiger partial charge in [0.05, 0.1) is 31.1 Å². The maximum Gasteiger partial charge on any atom is 0.225 e. The Morgan fingerprint density at radius 2 is 2.38 bits per heavy atom. The van der Waals surface area contributed by atoms with Crippen LogP contribution in [-0.2, 0) is 4.79 Å². The topological polar surface area (TPSA) is 48.3 Å². The highest BCUT2D eigenvalue weighted by Crippen LogP contribution is 2.41. The zero-order valence-corrected chi connectivity index (χ0v) is 7.60. The van der Waals surface area contributed by atoms with Crippen LogP contribution in [0.2, 0.25) is 0 Å². The normalized spacial score (nSPS) is 41.6. The third kappa shape index (κ3) is 0.703. The smallest absolute Gasteiger partial charge is 0.225 e. The van der Waals surface area contributed by atoms with Crippen molar-refractivity contribution in [2.75, 3.05) is 19.6 Å². The number of rotatable bonds is 0. The van der Waals surface area contributed by atoms with E-state index in [-0.39, 0.29) is 11.4 Å². The first-order valence-corrected chi connectivity index (χ1v) is 4.66. The molecule has 0 aromatic carbocycles. The van der Waals surface area contributed by atoms with Crippen LogP contribution < -0.4 is 0 Å². The first-order valence-electron chi connectivity index (χ1n) is 4.66. The molecule has 0 saturated carbocycles. The summed E-state index contributed by atoms with van der Waals surface area (Å²) in [6.45, 7) is 4.54. The van der Waals surface area contributed by atoms with Crippen molar-refractivity contribution in [3.63, 3.8) is 0 Å². The van der Waals surface area contributed by atoms with E-state index >= 15 is 0 Å². The van der Waals surface area contributed by atoms with Crippen molar-refractivity contribution in [3.05, 3.63) is 0 Å². The average molecular weight is 180 g/mol. The molecule has 0 bridgehead atoms.